The lowest BCUT2D eigenvalue weighted by Crippen LogP contribution is -1.91. The van der Waals surface area contributed by atoms with Crippen molar-refractivity contribution in [2.75, 3.05) is 0 Å². The van der Waals surface area contributed by atoms with Crippen LogP contribution in [-0.4, -0.2) is 16.1 Å². The number of benzene rings is 1. The fourth-order valence-corrected chi connectivity index (χ4v) is 1.44. The molecule has 0 spiro atoms. The van der Waals surface area contributed by atoms with Gasteiger partial charge in [0, 0.05) is 24.3 Å². The average molecular weight is 257 g/mol. The predicted molar refractivity (Wildman–Crippen MR) is 57.0 cm³/mol. The Kier molecular flexibility index (Phi) is 4.40. The Labute approximate surface area is 99.6 Å². The van der Waals surface area contributed by atoms with Crippen LogP contribution in [0, 0.1) is 10.1 Å². The van der Waals surface area contributed by atoms with Crippen molar-refractivity contribution in [1.29, 1.82) is 0 Å². The molecule has 1 rings (SSSR count). The van der Waals surface area contributed by atoms with Crippen LogP contribution in [0.4, 0.5) is 11.4 Å². The SMILES string of the molecule is CC(=O)OSc1ccc([N+](=O)[O-])cc1/N=N\O. The second kappa shape index (κ2) is 5.80. The quantitative estimate of drug-likeness (QED) is 0.383. The summed E-state index contributed by atoms with van der Waals surface area (Å²) in [5.74, 6) is -0.528. The van der Waals surface area contributed by atoms with Crippen LogP contribution in [-0.2, 0) is 8.98 Å². The summed E-state index contributed by atoms with van der Waals surface area (Å²) in [6, 6.07) is 3.67. The summed E-state index contributed by atoms with van der Waals surface area (Å²) >= 11 is 0.679. The molecule has 0 bridgehead atoms. The Balaban J connectivity index is 3.03. The van der Waals surface area contributed by atoms with Crippen LogP contribution in [0.2, 0.25) is 0 Å². The highest BCUT2D eigenvalue weighted by atomic mass is 32.2. The first-order valence-electron chi connectivity index (χ1n) is 4.23. The van der Waals surface area contributed by atoms with E-state index in [1.54, 1.807) is 0 Å². The molecule has 0 unspecified atom stereocenters. The van der Waals surface area contributed by atoms with Gasteiger partial charge in [0.1, 0.15) is 5.69 Å². The summed E-state index contributed by atoms with van der Waals surface area (Å²) in [4.78, 5) is 20.8. The number of carbonyl (C=O) groups excluding carboxylic acids is 1. The smallest absolute Gasteiger partial charge is 0.315 e. The molecule has 1 aromatic rings. The second-order valence-corrected chi connectivity index (χ2v) is 3.53. The molecule has 17 heavy (non-hydrogen) atoms. The maximum Gasteiger partial charge on any atom is 0.315 e. The zero-order valence-electron chi connectivity index (χ0n) is 8.56. The molecular formula is C8H7N3O5S. The predicted octanol–water partition coefficient (Wildman–Crippen LogP) is 2.64. The highest BCUT2D eigenvalue weighted by Gasteiger charge is 2.12. The lowest BCUT2D eigenvalue weighted by Gasteiger charge is -2.02. The van der Waals surface area contributed by atoms with Crippen LogP contribution in [0.3, 0.4) is 0 Å². The average Bonchev–Trinajstić information content (AvgIpc) is 2.27. The molecule has 0 atom stereocenters. The van der Waals surface area contributed by atoms with Gasteiger partial charge in [-0.15, -0.1) is 5.11 Å². The lowest BCUT2D eigenvalue weighted by atomic mass is 10.3. The van der Waals surface area contributed by atoms with Gasteiger partial charge in [-0.05, 0) is 6.07 Å². The lowest BCUT2D eigenvalue weighted by molar-refractivity contribution is -0.384. The number of hydrogen-bond acceptors (Lipinski definition) is 7. The first-order valence-corrected chi connectivity index (χ1v) is 4.97. The van der Waals surface area contributed by atoms with Gasteiger partial charge in [0.05, 0.1) is 21.9 Å². The number of hydrogen-bond donors (Lipinski definition) is 1. The third-order valence-corrected chi connectivity index (χ3v) is 2.40. The molecule has 0 saturated heterocycles. The molecular weight excluding hydrogens is 250 g/mol. The Bertz CT molecular complexity index is 476. The number of nitrogens with zero attached hydrogens (tertiary/aromatic N) is 3. The summed E-state index contributed by atoms with van der Waals surface area (Å²) < 4.78 is 4.64. The molecule has 0 aliphatic heterocycles. The number of nitro benzene ring substituents is 1. The van der Waals surface area contributed by atoms with Crippen LogP contribution >= 0.6 is 12.0 Å². The Morgan fingerprint density at radius 1 is 1.59 bits per heavy atom. The topological polar surface area (TPSA) is 114 Å². The molecule has 1 aromatic carbocycles. The van der Waals surface area contributed by atoms with E-state index in [9.17, 15) is 14.9 Å². The van der Waals surface area contributed by atoms with Gasteiger partial charge in [0.25, 0.3) is 5.69 Å². The van der Waals surface area contributed by atoms with Gasteiger partial charge in [-0.25, -0.2) is 0 Å². The van der Waals surface area contributed by atoms with E-state index >= 15 is 0 Å². The monoisotopic (exact) mass is 257 g/mol. The molecule has 90 valence electrons. The number of rotatable bonds is 4. The van der Waals surface area contributed by atoms with Crippen molar-refractivity contribution < 1.29 is 19.1 Å². The minimum absolute atomic E-state index is 0.0351. The summed E-state index contributed by atoms with van der Waals surface area (Å²) in [6.07, 6.45) is 0. The summed E-state index contributed by atoms with van der Waals surface area (Å²) in [5, 5.41) is 24.7. The summed E-state index contributed by atoms with van der Waals surface area (Å²) in [7, 11) is 0. The summed E-state index contributed by atoms with van der Waals surface area (Å²) in [5.41, 5.74) is -0.174. The van der Waals surface area contributed by atoms with E-state index in [2.05, 4.69) is 14.6 Å². The molecule has 0 amide bonds. The highest BCUT2D eigenvalue weighted by Crippen LogP contribution is 2.33. The largest absolute Gasteiger partial charge is 0.394 e. The molecule has 1 N–H and O–H groups in total. The van der Waals surface area contributed by atoms with Gasteiger partial charge < -0.3 is 9.39 Å². The van der Waals surface area contributed by atoms with E-state index in [1.807, 2.05) is 0 Å². The zero-order valence-corrected chi connectivity index (χ0v) is 9.38. The molecule has 0 aliphatic rings. The van der Waals surface area contributed by atoms with Gasteiger partial charge in [-0.1, -0.05) is 0 Å². The van der Waals surface area contributed by atoms with Gasteiger partial charge in [-0.3, -0.25) is 14.9 Å². The van der Waals surface area contributed by atoms with Crippen LogP contribution in [0.25, 0.3) is 0 Å². The van der Waals surface area contributed by atoms with E-state index in [-0.39, 0.29) is 11.4 Å². The van der Waals surface area contributed by atoms with Crippen molar-refractivity contribution in [3.8, 4) is 0 Å². The zero-order chi connectivity index (χ0) is 12.8. The summed E-state index contributed by atoms with van der Waals surface area (Å²) in [6.45, 7) is 1.21. The third-order valence-electron chi connectivity index (χ3n) is 1.55. The van der Waals surface area contributed by atoms with E-state index in [0.29, 0.717) is 16.9 Å². The molecule has 0 aromatic heterocycles. The van der Waals surface area contributed by atoms with Crippen molar-refractivity contribution in [2.24, 2.45) is 10.4 Å². The van der Waals surface area contributed by atoms with E-state index in [4.69, 9.17) is 5.21 Å². The number of nitro groups is 1. The Morgan fingerprint density at radius 2 is 2.29 bits per heavy atom. The van der Waals surface area contributed by atoms with Gasteiger partial charge in [-0.2, -0.15) is 0 Å². The third kappa shape index (κ3) is 3.72. The van der Waals surface area contributed by atoms with Gasteiger partial charge in [0.2, 0.25) is 0 Å². The molecule has 0 saturated carbocycles. The Morgan fingerprint density at radius 3 is 2.82 bits per heavy atom. The minimum atomic E-state index is -0.614. The molecule has 0 aliphatic carbocycles. The van der Waals surface area contributed by atoms with Crippen LogP contribution < -0.4 is 0 Å². The van der Waals surface area contributed by atoms with Crippen LogP contribution in [0.5, 0.6) is 0 Å². The molecule has 0 radical (unpaired) electrons. The number of non-ortho nitro benzene ring substituents is 1. The fraction of sp³-hybridized carbons (Fsp3) is 0.125. The van der Waals surface area contributed by atoms with Crippen molar-refractivity contribution in [1.82, 2.24) is 0 Å². The first-order chi connectivity index (χ1) is 8.04. The molecule has 0 heterocycles. The Hall–Kier alpha value is -2.16. The standard InChI is InChI=1S/C8H7N3O5S/c1-5(12)16-17-8-3-2-6(11(14)15)4-7(8)9-10-13/h2-4H,1H3,(H,9,13). The maximum atomic E-state index is 10.6. The molecule has 0 fully saturated rings. The van der Waals surface area contributed by atoms with E-state index < -0.39 is 10.9 Å². The minimum Gasteiger partial charge on any atom is -0.394 e. The van der Waals surface area contributed by atoms with Crippen molar-refractivity contribution in [3.63, 3.8) is 0 Å². The van der Waals surface area contributed by atoms with E-state index in [0.717, 1.165) is 6.07 Å². The van der Waals surface area contributed by atoms with Gasteiger partial charge >= 0.3 is 5.97 Å². The molecule has 9 heteroatoms. The maximum absolute atomic E-state index is 10.6. The van der Waals surface area contributed by atoms with Crippen molar-refractivity contribution >= 4 is 29.4 Å². The number of carbonyl (C=O) groups is 1. The normalized spacial score (nSPS) is 10.4. The van der Waals surface area contributed by atoms with Crippen LogP contribution in [0.1, 0.15) is 6.92 Å². The fourth-order valence-electron chi connectivity index (χ4n) is 0.920. The first kappa shape index (κ1) is 12.9. The van der Waals surface area contributed by atoms with Crippen LogP contribution in [0.15, 0.2) is 33.5 Å². The van der Waals surface area contributed by atoms with E-state index in [1.165, 1.54) is 19.1 Å². The van der Waals surface area contributed by atoms with Crippen molar-refractivity contribution in [3.05, 3.63) is 28.3 Å². The molecule has 8 nitrogen and oxygen atoms in total. The highest BCUT2D eigenvalue weighted by molar-refractivity contribution is 7.95. The second-order valence-electron chi connectivity index (χ2n) is 2.76. The van der Waals surface area contributed by atoms with Gasteiger partial charge in [0.15, 0.2) is 0 Å². The van der Waals surface area contributed by atoms with Crippen molar-refractivity contribution in [2.45, 2.75) is 11.8 Å².